The van der Waals surface area contributed by atoms with Gasteiger partial charge in [0.05, 0.1) is 5.56 Å². The van der Waals surface area contributed by atoms with Crippen molar-refractivity contribution in [1.29, 1.82) is 0 Å². The molecule has 4 rings (SSSR count). The number of carbonyl (C=O) groups is 1. The summed E-state index contributed by atoms with van der Waals surface area (Å²) in [5.74, 6) is 0.173. The third kappa shape index (κ3) is 4.03. The SMILES string of the molecule is CN(CC1CCN(Cc2ccccc2F)CC1)C(=O)c1cn(C)c(=O)c2[nH]ccc12. The van der Waals surface area contributed by atoms with Crippen LogP contribution in [0.15, 0.2) is 47.5 Å². The fourth-order valence-corrected chi connectivity index (χ4v) is 4.31. The van der Waals surface area contributed by atoms with Gasteiger partial charge < -0.3 is 14.5 Å². The summed E-state index contributed by atoms with van der Waals surface area (Å²) in [7, 11) is 3.47. The Bertz CT molecular complexity index is 1110. The maximum atomic E-state index is 13.9. The number of nitrogens with one attached hydrogen (secondary N) is 1. The Hall–Kier alpha value is -2.93. The zero-order valence-electron chi connectivity index (χ0n) is 17.4. The lowest BCUT2D eigenvalue weighted by atomic mass is 9.95. The minimum Gasteiger partial charge on any atom is -0.357 e. The quantitative estimate of drug-likeness (QED) is 0.704. The number of aromatic amines is 1. The molecule has 0 aliphatic carbocycles. The molecular formula is C23H27FN4O2. The second-order valence-electron chi connectivity index (χ2n) is 8.22. The van der Waals surface area contributed by atoms with E-state index in [1.54, 1.807) is 36.5 Å². The van der Waals surface area contributed by atoms with Gasteiger partial charge in [0.25, 0.3) is 11.5 Å². The second-order valence-corrected chi connectivity index (χ2v) is 8.22. The Labute approximate surface area is 174 Å². The number of fused-ring (bicyclic) bond motifs is 1. The standard InChI is InChI=1S/C23H27FN4O2/c1-26(22(29)19-15-27(2)23(30)21-18(19)7-10-25-21)13-16-8-11-28(12-9-16)14-17-5-3-4-6-20(17)24/h3-7,10,15-16,25H,8-9,11-14H2,1-2H3. The average molecular weight is 410 g/mol. The predicted octanol–water partition coefficient (Wildman–Crippen LogP) is 2.99. The number of hydrogen-bond donors (Lipinski definition) is 1. The van der Waals surface area contributed by atoms with Gasteiger partial charge in [0.1, 0.15) is 11.3 Å². The number of aromatic nitrogens is 2. The number of H-pyrrole nitrogens is 1. The highest BCUT2D eigenvalue weighted by molar-refractivity contribution is 6.05. The van der Waals surface area contributed by atoms with Crippen LogP contribution in [0.1, 0.15) is 28.8 Å². The summed E-state index contributed by atoms with van der Waals surface area (Å²) in [6.07, 6.45) is 5.25. The second kappa shape index (κ2) is 8.44. The van der Waals surface area contributed by atoms with Gasteiger partial charge in [0.15, 0.2) is 0 Å². The molecular weight excluding hydrogens is 383 g/mol. The molecule has 30 heavy (non-hydrogen) atoms. The summed E-state index contributed by atoms with van der Waals surface area (Å²) in [6, 6.07) is 8.70. The molecule has 3 aromatic rings. The summed E-state index contributed by atoms with van der Waals surface area (Å²) in [5.41, 5.74) is 1.58. The van der Waals surface area contributed by atoms with E-state index < -0.39 is 0 Å². The van der Waals surface area contributed by atoms with E-state index in [0.29, 0.717) is 35.5 Å². The summed E-state index contributed by atoms with van der Waals surface area (Å²) < 4.78 is 15.3. The Morgan fingerprint density at radius 1 is 1.23 bits per heavy atom. The molecule has 2 aromatic heterocycles. The van der Waals surface area contributed by atoms with Crippen LogP contribution >= 0.6 is 0 Å². The van der Waals surface area contributed by atoms with Crippen molar-refractivity contribution in [3.63, 3.8) is 0 Å². The number of pyridine rings is 1. The molecule has 0 bridgehead atoms. The molecule has 1 aliphatic heterocycles. The third-order valence-corrected chi connectivity index (χ3v) is 6.06. The van der Waals surface area contributed by atoms with Gasteiger partial charge in [-0.05, 0) is 44.0 Å². The maximum absolute atomic E-state index is 13.9. The van der Waals surface area contributed by atoms with Gasteiger partial charge in [-0.25, -0.2) is 4.39 Å². The van der Waals surface area contributed by atoms with Crippen molar-refractivity contribution >= 4 is 16.8 Å². The Kier molecular flexibility index (Phi) is 5.72. The Morgan fingerprint density at radius 2 is 1.97 bits per heavy atom. The molecule has 1 amide bonds. The lowest BCUT2D eigenvalue weighted by molar-refractivity contribution is 0.0738. The van der Waals surface area contributed by atoms with Crippen LogP contribution in [-0.2, 0) is 13.6 Å². The van der Waals surface area contributed by atoms with E-state index in [0.717, 1.165) is 31.5 Å². The summed E-state index contributed by atoms with van der Waals surface area (Å²) in [6.45, 7) is 3.07. The molecule has 1 N–H and O–H groups in total. The van der Waals surface area contributed by atoms with Crippen LogP contribution < -0.4 is 5.56 Å². The smallest absolute Gasteiger partial charge is 0.274 e. The first-order chi connectivity index (χ1) is 14.4. The van der Waals surface area contributed by atoms with Crippen LogP contribution in [0.4, 0.5) is 4.39 Å². The number of amides is 1. The van der Waals surface area contributed by atoms with E-state index in [9.17, 15) is 14.0 Å². The molecule has 0 spiro atoms. The summed E-state index contributed by atoms with van der Waals surface area (Å²) >= 11 is 0. The number of hydrogen-bond acceptors (Lipinski definition) is 3. The van der Waals surface area contributed by atoms with Gasteiger partial charge in [-0.2, -0.15) is 0 Å². The van der Waals surface area contributed by atoms with Gasteiger partial charge in [-0.1, -0.05) is 18.2 Å². The van der Waals surface area contributed by atoms with Crippen LogP contribution in [0.2, 0.25) is 0 Å². The number of nitrogens with zero attached hydrogens (tertiary/aromatic N) is 3. The first-order valence-electron chi connectivity index (χ1n) is 10.3. The normalized spacial score (nSPS) is 15.6. The van der Waals surface area contributed by atoms with Gasteiger partial charge in [-0.15, -0.1) is 0 Å². The highest BCUT2D eigenvalue weighted by Gasteiger charge is 2.24. The zero-order valence-corrected chi connectivity index (χ0v) is 17.4. The van der Waals surface area contributed by atoms with E-state index in [2.05, 4.69) is 9.88 Å². The van der Waals surface area contributed by atoms with Crippen LogP contribution in [0.3, 0.4) is 0 Å². The van der Waals surface area contributed by atoms with Crippen molar-refractivity contribution in [2.45, 2.75) is 19.4 Å². The van der Waals surface area contributed by atoms with E-state index >= 15 is 0 Å². The maximum Gasteiger partial charge on any atom is 0.274 e. The van der Waals surface area contributed by atoms with Crippen LogP contribution in [0.25, 0.3) is 10.9 Å². The van der Waals surface area contributed by atoms with Gasteiger partial charge in [0.2, 0.25) is 0 Å². The molecule has 1 fully saturated rings. The first kappa shape index (κ1) is 20.3. The molecule has 1 aromatic carbocycles. The van der Waals surface area contributed by atoms with E-state index in [-0.39, 0.29) is 17.3 Å². The largest absolute Gasteiger partial charge is 0.357 e. The number of piperidine rings is 1. The minimum absolute atomic E-state index is 0.0796. The van der Waals surface area contributed by atoms with Gasteiger partial charge in [0, 0.05) is 50.5 Å². The predicted molar refractivity (Wildman–Crippen MR) is 115 cm³/mol. The topological polar surface area (TPSA) is 61.3 Å². The van der Waals surface area contributed by atoms with Gasteiger partial charge in [-0.3, -0.25) is 14.5 Å². The highest BCUT2D eigenvalue weighted by Crippen LogP contribution is 2.22. The molecule has 7 heteroatoms. The lowest BCUT2D eigenvalue weighted by Gasteiger charge is -2.34. The molecule has 0 saturated carbocycles. The van der Waals surface area contributed by atoms with E-state index in [1.807, 2.05) is 19.2 Å². The zero-order chi connectivity index (χ0) is 21.3. The van der Waals surface area contributed by atoms with Crippen LogP contribution in [0.5, 0.6) is 0 Å². The number of carbonyl (C=O) groups excluding carboxylic acids is 1. The van der Waals surface area contributed by atoms with Crippen LogP contribution in [-0.4, -0.2) is 51.9 Å². The van der Waals surface area contributed by atoms with Crippen molar-refractivity contribution in [2.24, 2.45) is 13.0 Å². The molecule has 3 heterocycles. The monoisotopic (exact) mass is 410 g/mol. The lowest BCUT2D eigenvalue weighted by Crippen LogP contribution is -2.39. The molecule has 1 saturated heterocycles. The number of rotatable bonds is 5. The molecule has 0 radical (unpaired) electrons. The number of aryl methyl sites for hydroxylation is 1. The summed E-state index contributed by atoms with van der Waals surface area (Å²) in [5, 5.41) is 0.662. The number of halogens is 1. The number of likely N-dealkylation sites (tertiary alicyclic amines) is 1. The van der Waals surface area contributed by atoms with Crippen molar-refractivity contribution in [3.8, 4) is 0 Å². The number of benzene rings is 1. The Balaban J connectivity index is 1.37. The molecule has 158 valence electrons. The summed E-state index contributed by atoms with van der Waals surface area (Å²) in [4.78, 5) is 32.3. The molecule has 6 nitrogen and oxygen atoms in total. The van der Waals surface area contributed by atoms with Crippen LogP contribution in [0, 0.1) is 11.7 Å². The molecule has 1 aliphatic rings. The first-order valence-corrected chi connectivity index (χ1v) is 10.3. The van der Waals surface area contributed by atoms with E-state index in [1.165, 1.54) is 10.6 Å². The van der Waals surface area contributed by atoms with Crippen molar-refractivity contribution in [1.82, 2.24) is 19.4 Å². The highest BCUT2D eigenvalue weighted by atomic mass is 19.1. The van der Waals surface area contributed by atoms with Crippen molar-refractivity contribution in [3.05, 3.63) is 70.0 Å². The fraction of sp³-hybridized carbons (Fsp3) is 0.391. The molecule has 0 atom stereocenters. The third-order valence-electron chi connectivity index (χ3n) is 6.06. The van der Waals surface area contributed by atoms with Crippen molar-refractivity contribution in [2.75, 3.05) is 26.7 Å². The molecule has 0 unspecified atom stereocenters. The minimum atomic E-state index is -0.154. The Morgan fingerprint density at radius 3 is 2.70 bits per heavy atom. The van der Waals surface area contributed by atoms with Crippen molar-refractivity contribution < 1.29 is 9.18 Å². The average Bonchev–Trinajstić information content (AvgIpc) is 3.23. The fourth-order valence-electron chi connectivity index (χ4n) is 4.31. The van der Waals surface area contributed by atoms with E-state index in [4.69, 9.17) is 0 Å². The van der Waals surface area contributed by atoms with Gasteiger partial charge >= 0.3 is 0 Å².